The van der Waals surface area contributed by atoms with Crippen LogP contribution in [0, 0.1) is 10.1 Å². The Morgan fingerprint density at radius 1 is 1.03 bits per heavy atom. The summed E-state index contributed by atoms with van der Waals surface area (Å²) < 4.78 is 7.90. The van der Waals surface area contributed by atoms with E-state index in [9.17, 15) is 10.1 Å². The van der Waals surface area contributed by atoms with E-state index >= 15 is 0 Å². The number of fused-ring (bicyclic) bond motifs is 1. The van der Waals surface area contributed by atoms with Crippen LogP contribution < -0.4 is 4.74 Å². The van der Waals surface area contributed by atoms with Crippen molar-refractivity contribution in [2.45, 2.75) is 0 Å². The Labute approximate surface area is 193 Å². The fourth-order valence-corrected chi connectivity index (χ4v) is 4.38. The molecule has 0 aliphatic heterocycles. The molecule has 0 saturated carbocycles. The van der Waals surface area contributed by atoms with Crippen LogP contribution in [0.25, 0.3) is 39.3 Å². The minimum atomic E-state index is -0.395. The van der Waals surface area contributed by atoms with Crippen molar-refractivity contribution >= 4 is 39.4 Å². The monoisotopic (exact) mass is 454 g/mol. The molecule has 0 aliphatic carbocycles. The molecule has 5 rings (SSSR count). The summed E-state index contributed by atoms with van der Waals surface area (Å²) in [6.07, 6.45) is 5.86. The Kier molecular flexibility index (Phi) is 5.42. The highest BCUT2D eigenvalue weighted by Crippen LogP contribution is 2.30. The molecule has 162 valence electrons. The van der Waals surface area contributed by atoms with Gasteiger partial charge < -0.3 is 4.74 Å². The van der Waals surface area contributed by atoms with Crippen molar-refractivity contribution in [1.29, 1.82) is 0 Å². The third-order valence-electron chi connectivity index (χ3n) is 5.13. The van der Waals surface area contributed by atoms with E-state index in [1.165, 1.54) is 17.4 Å². The van der Waals surface area contributed by atoms with E-state index in [0.29, 0.717) is 0 Å². The van der Waals surface area contributed by atoms with Crippen molar-refractivity contribution in [3.05, 3.63) is 99.7 Å². The first-order valence-electron chi connectivity index (χ1n) is 10.1. The van der Waals surface area contributed by atoms with Gasteiger partial charge in [-0.05, 0) is 54.6 Å². The normalized spacial score (nSPS) is 11.3. The predicted molar refractivity (Wildman–Crippen MR) is 131 cm³/mol. The Bertz CT molecular complexity index is 1470. The molecule has 0 aliphatic rings. The lowest BCUT2D eigenvalue weighted by molar-refractivity contribution is -0.384. The van der Waals surface area contributed by atoms with Crippen LogP contribution >= 0.6 is 11.3 Å². The number of non-ortho nitro benzene ring substituents is 1. The molecule has 0 radical (unpaired) electrons. The highest BCUT2D eigenvalue weighted by Gasteiger charge is 2.12. The van der Waals surface area contributed by atoms with Crippen LogP contribution in [-0.4, -0.2) is 26.8 Å². The second kappa shape index (κ2) is 8.68. The molecular formula is C25H18N4O3S. The number of ether oxygens (including phenoxy) is 1. The number of thiazole rings is 1. The minimum absolute atomic E-state index is 0.0626. The maximum Gasteiger partial charge on any atom is 0.270 e. The molecule has 8 heteroatoms. The van der Waals surface area contributed by atoms with Gasteiger partial charge in [0.2, 0.25) is 0 Å². The number of hydrogen-bond donors (Lipinski definition) is 0. The van der Waals surface area contributed by atoms with Crippen molar-refractivity contribution < 1.29 is 9.66 Å². The summed E-state index contributed by atoms with van der Waals surface area (Å²) in [5.74, 6) is 0.780. The van der Waals surface area contributed by atoms with Gasteiger partial charge in [0.1, 0.15) is 10.8 Å². The first-order valence-corrected chi connectivity index (χ1v) is 10.9. The third kappa shape index (κ3) is 4.24. The van der Waals surface area contributed by atoms with Crippen LogP contribution in [0.4, 0.5) is 5.69 Å². The summed E-state index contributed by atoms with van der Waals surface area (Å²) in [5.41, 5.74) is 4.47. The molecule has 0 amide bonds. The topological polar surface area (TPSA) is 83.1 Å². The van der Waals surface area contributed by atoms with Gasteiger partial charge in [0.25, 0.3) is 5.69 Å². The van der Waals surface area contributed by atoms with E-state index in [4.69, 9.17) is 9.84 Å². The van der Waals surface area contributed by atoms with Crippen molar-refractivity contribution in [2.75, 3.05) is 7.11 Å². The quantitative estimate of drug-likeness (QED) is 0.224. The highest BCUT2D eigenvalue weighted by atomic mass is 32.1. The van der Waals surface area contributed by atoms with Crippen molar-refractivity contribution in [3.8, 4) is 22.7 Å². The van der Waals surface area contributed by atoms with Crippen LogP contribution in [0.3, 0.4) is 0 Å². The van der Waals surface area contributed by atoms with Crippen molar-refractivity contribution in [1.82, 2.24) is 14.8 Å². The lowest BCUT2D eigenvalue weighted by Gasteiger charge is -2.02. The molecule has 0 fully saturated rings. The van der Waals surface area contributed by atoms with E-state index in [2.05, 4.69) is 4.98 Å². The van der Waals surface area contributed by atoms with Crippen LogP contribution in [-0.2, 0) is 0 Å². The van der Waals surface area contributed by atoms with E-state index in [1.54, 1.807) is 19.2 Å². The van der Waals surface area contributed by atoms with E-state index in [0.717, 1.165) is 43.5 Å². The van der Waals surface area contributed by atoms with Gasteiger partial charge in [0, 0.05) is 29.5 Å². The van der Waals surface area contributed by atoms with Gasteiger partial charge in [-0.15, -0.1) is 11.3 Å². The zero-order chi connectivity index (χ0) is 22.8. The van der Waals surface area contributed by atoms with Crippen LogP contribution in [0.15, 0.2) is 79.0 Å². The summed E-state index contributed by atoms with van der Waals surface area (Å²) in [6.45, 7) is 0. The van der Waals surface area contributed by atoms with Crippen molar-refractivity contribution in [2.24, 2.45) is 0 Å². The van der Waals surface area contributed by atoms with Gasteiger partial charge >= 0.3 is 0 Å². The Hall–Kier alpha value is -4.30. The molecule has 2 aromatic heterocycles. The summed E-state index contributed by atoms with van der Waals surface area (Å²) in [5, 5.41) is 16.6. The second-order valence-electron chi connectivity index (χ2n) is 7.24. The Morgan fingerprint density at radius 2 is 1.82 bits per heavy atom. The first-order chi connectivity index (χ1) is 16.1. The molecule has 2 heterocycles. The SMILES string of the molecule is COc1ccc(-c2nn(-c3ccccc3)cc2C=Cc2nc3ccc([N+](=O)[O-])cc3s2)cc1. The fourth-order valence-electron chi connectivity index (χ4n) is 3.47. The Morgan fingerprint density at radius 3 is 2.55 bits per heavy atom. The van der Waals surface area contributed by atoms with E-state index in [-0.39, 0.29) is 5.69 Å². The molecule has 0 spiro atoms. The number of aromatic nitrogens is 3. The number of nitrogens with zero attached hydrogens (tertiary/aromatic N) is 4. The summed E-state index contributed by atoms with van der Waals surface area (Å²) in [4.78, 5) is 15.2. The summed E-state index contributed by atoms with van der Waals surface area (Å²) >= 11 is 1.41. The zero-order valence-electron chi connectivity index (χ0n) is 17.6. The number of rotatable bonds is 6. The smallest absolute Gasteiger partial charge is 0.270 e. The number of para-hydroxylation sites is 1. The molecule has 5 aromatic rings. The number of hydrogen-bond acceptors (Lipinski definition) is 6. The molecule has 0 bridgehead atoms. The predicted octanol–water partition coefficient (Wildman–Crippen LogP) is 6.24. The zero-order valence-corrected chi connectivity index (χ0v) is 18.4. The lowest BCUT2D eigenvalue weighted by Crippen LogP contribution is -1.94. The average molecular weight is 455 g/mol. The average Bonchev–Trinajstić information content (AvgIpc) is 3.47. The van der Waals surface area contributed by atoms with E-state index < -0.39 is 4.92 Å². The molecule has 0 N–H and O–H groups in total. The molecule has 7 nitrogen and oxygen atoms in total. The molecule has 0 saturated heterocycles. The van der Waals surface area contributed by atoms with Crippen LogP contribution in [0.5, 0.6) is 5.75 Å². The van der Waals surface area contributed by atoms with Gasteiger partial charge in [-0.25, -0.2) is 9.67 Å². The molecule has 0 unspecified atom stereocenters. The standard InChI is InChI=1S/C25H18N4O3S/c1-32-21-11-7-17(8-12-21)25-18(16-28(27-25)19-5-3-2-4-6-19)9-14-24-26-22-13-10-20(29(30)31)15-23(22)33-24/h2-16H,1H3. The lowest BCUT2D eigenvalue weighted by atomic mass is 10.1. The fraction of sp³-hybridized carbons (Fsp3) is 0.0400. The molecule has 0 atom stereocenters. The van der Waals surface area contributed by atoms with Gasteiger partial charge in [-0.2, -0.15) is 5.10 Å². The van der Waals surface area contributed by atoms with Crippen LogP contribution in [0.1, 0.15) is 10.6 Å². The second-order valence-corrected chi connectivity index (χ2v) is 8.30. The maximum atomic E-state index is 11.1. The largest absolute Gasteiger partial charge is 0.497 e. The number of benzene rings is 3. The third-order valence-corrected chi connectivity index (χ3v) is 6.11. The van der Waals surface area contributed by atoms with Gasteiger partial charge in [0.05, 0.1) is 33.6 Å². The Balaban J connectivity index is 1.54. The van der Waals surface area contributed by atoms with Crippen LogP contribution in [0.2, 0.25) is 0 Å². The number of methoxy groups -OCH3 is 1. The highest BCUT2D eigenvalue weighted by molar-refractivity contribution is 7.19. The van der Waals surface area contributed by atoms with Gasteiger partial charge in [-0.3, -0.25) is 10.1 Å². The van der Waals surface area contributed by atoms with E-state index in [1.807, 2.05) is 77.6 Å². The minimum Gasteiger partial charge on any atom is -0.497 e. The molecule has 33 heavy (non-hydrogen) atoms. The summed E-state index contributed by atoms with van der Waals surface area (Å²) in [7, 11) is 1.64. The molecule has 3 aromatic carbocycles. The van der Waals surface area contributed by atoms with Crippen molar-refractivity contribution in [3.63, 3.8) is 0 Å². The number of nitro groups is 1. The van der Waals surface area contributed by atoms with Gasteiger partial charge in [0.15, 0.2) is 0 Å². The van der Waals surface area contributed by atoms with Gasteiger partial charge in [-0.1, -0.05) is 18.2 Å². The number of nitro benzene ring substituents is 1. The maximum absolute atomic E-state index is 11.1. The summed E-state index contributed by atoms with van der Waals surface area (Å²) in [6, 6.07) is 22.4. The first kappa shape index (κ1) is 20.6. The molecular weight excluding hydrogens is 436 g/mol.